The summed E-state index contributed by atoms with van der Waals surface area (Å²) < 4.78 is 40.7. The third kappa shape index (κ3) is 3.73. The first kappa shape index (κ1) is 18.3. The molecule has 130 valence electrons. The van der Waals surface area contributed by atoms with E-state index in [-0.39, 0.29) is 18.8 Å². The van der Waals surface area contributed by atoms with E-state index in [9.17, 15) is 9.46 Å². The SMILES string of the molecule is CC(C)OC[C@@]12OCCOC([C@H](C)O1)[C@H]2OP(=O)([O-])C(C)C. The maximum absolute atomic E-state index is 12.2. The molecule has 2 unspecified atom stereocenters. The van der Waals surface area contributed by atoms with Gasteiger partial charge in [0.1, 0.15) is 26.4 Å². The van der Waals surface area contributed by atoms with Crippen molar-refractivity contribution in [3.05, 3.63) is 0 Å². The van der Waals surface area contributed by atoms with Crippen LogP contribution in [0.15, 0.2) is 0 Å². The van der Waals surface area contributed by atoms with E-state index in [2.05, 4.69) is 0 Å². The first-order chi connectivity index (χ1) is 10.2. The molecular weight excluding hydrogens is 311 g/mol. The van der Waals surface area contributed by atoms with E-state index in [1.54, 1.807) is 13.8 Å². The fourth-order valence-electron chi connectivity index (χ4n) is 2.54. The maximum Gasteiger partial charge on any atom is 0.222 e. The van der Waals surface area contributed by atoms with Crippen molar-refractivity contribution in [1.82, 2.24) is 0 Å². The molecule has 5 atom stereocenters. The molecule has 7 nitrogen and oxygen atoms in total. The van der Waals surface area contributed by atoms with E-state index in [1.807, 2.05) is 20.8 Å². The minimum atomic E-state index is -4.05. The summed E-state index contributed by atoms with van der Waals surface area (Å²) >= 11 is 0. The average Bonchev–Trinajstić information content (AvgIpc) is 2.54. The highest BCUT2D eigenvalue weighted by molar-refractivity contribution is 7.52. The molecule has 8 heteroatoms. The zero-order valence-corrected chi connectivity index (χ0v) is 14.7. The summed E-state index contributed by atoms with van der Waals surface area (Å²) in [7, 11) is -4.05. The van der Waals surface area contributed by atoms with Crippen LogP contribution in [0.1, 0.15) is 34.6 Å². The van der Waals surface area contributed by atoms with Crippen molar-refractivity contribution in [3.63, 3.8) is 0 Å². The molecule has 0 radical (unpaired) electrons. The van der Waals surface area contributed by atoms with Gasteiger partial charge in [-0.3, -0.25) is 0 Å². The lowest BCUT2D eigenvalue weighted by Crippen LogP contribution is -2.50. The lowest BCUT2D eigenvalue weighted by molar-refractivity contribution is -0.285. The largest absolute Gasteiger partial charge is 0.778 e. The number of fused-ring (bicyclic) bond motifs is 2. The second-order valence-electron chi connectivity index (χ2n) is 6.34. The van der Waals surface area contributed by atoms with Gasteiger partial charge >= 0.3 is 0 Å². The first-order valence-electron chi connectivity index (χ1n) is 7.72. The van der Waals surface area contributed by atoms with Crippen molar-refractivity contribution >= 4 is 7.60 Å². The molecule has 2 saturated heterocycles. The zero-order valence-electron chi connectivity index (χ0n) is 13.8. The molecule has 0 saturated carbocycles. The second-order valence-corrected chi connectivity index (χ2v) is 8.66. The van der Waals surface area contributed by atoms with E-state index in [4.69, 9.17) is 23.5 Å². The van der Waals surface area contributed by atoms with Crippen molar-refractivity contribution in [2.45, 2.75) is 70.5 Å². The van der Waals surface area contributed by atoms with Gasteiger partial charge < -0.3 is 32.9 Å². The Hall–Kier alpha value is -0.0100. The monoisotopic (exact) mass is 337 g/mol. The highest BCUT2D eigenvalue weighted by atomic mass is 31.2. The Morgan fingerprint density at radius 3 is 2.59 bits per heavy atom. The average molecular weight is 337 g/mol. The van der Waals surface area contributed by atoms with Crippen molar-refractivity contribution in [1.29, 1.82) is 0 Å². The molecule has 0 aromatic carbocycles. The molecule has 0 aliphatic carbocycles. The van der Waals surface area contributed by atoms with E-state index < -0.39 is 31.2 Å². The number of hydrogen-bond donors (Lipinski definition) is 0. The summed E-state index contributed by atoms with van der Waals surface area (Å²) in [6.45, 7) is 9.52. The van der Waals surface area contributed by atoms with Crippen LogP contribution in [0.5, 0.6) is 0 Å². The molecule has 2 heterocycles. The third-order valence-electron chi connectivity index (χ3n) is 3.83. The van der Waals surface area contributed by atoms with Crippen molar-refractivity contribution in [3.8, 4) is 0 Å². The Bertz CT molecular complexity index is 427. The lowest BCUT2D eigenvalue weighted by Gasteiger charge is -2.38. The minimum Gasteiger partial charge on any atom is -0.778 e. The summed E-state index contributed by atoms with van der Waals surface area (Å²) in [5.41, 5.74) is -0.631. The van der Waals surface area contributed by atoms with Crippen LogP contribution in [-0.4, -0.2) is 55.7 Å². The fourth-order valence-corrected chi connectivity index (χ4v) is 3.38. The van der Waals surface area contributed by atoms with Gasteiger partial charge in [0, 0.05) is 5.66 Å². The smallest absolute Gasteiger partial charge is 0.222 e. The van der Waals surface area contributed by atoms with Crippen LogP contribution < -0.4 is 4.89 Å². The van der Waals surface area contributed by atoms with Crippen LogP contribution in [0.4, 0.5) is 0 Å². The molecular formula is C14H26O7P-. The molecule has 2 fully saturated rings. The molecule has 2 bridgehead atoms. The Balaban J connectivity index is 2.26. The molecule has 2 rings (SSSR count). The van der Waals surface area contributed by atoms with Crippen LogP contribution in [0.25, 0.3) is 0 Å². The molecule has 0 amide bonds. The van der Waals surface area contributed by atoms with Gasteiger partial charge in [-0.15, -0.1) is 0 Å². The fraction of sp³-hybridized carbons (Fsp3) is 1.00. The van der Waals surface area contributed by atoms with Crippen LogP contribution in [-0.2, 0) is 28.0 Å². The molecule has 0 spiro atoms. The standard InChI is InChI=1S/C14H27O7P/c1-9(2)18-8-14-13(21-22(15,16)10(3)4)12(11(5)20-14)17-6-7-19-14/h9-13H,6-8H2,1-5H3,(H,15,16)/p-1/t11-,12?,13+,14+/m0/s1. The summed E-state index contributed by atoms with van der Waals surface area (Å²) in [6.07, 6.45) is -1.74. The summed E-state index contributed by atoms with van der Waals surface area (Å²) in [6, 6.07) is 0. The highest BCUT2D eigenvalue weighted by Crippen LogP contribution is 2.50. The number of ether oxygens (including phenoxy) is 4. The summed E-state index contributed by atoms with van der Waals surface area (Å²) in [5.74, 6) is -1.25. The predicted molar refractivity (Wildman–Crippen MR) is 77.7 cm³/mol. The second kappa shape index (κ2) is 6.85. The van der Waals surface area contributed by atoms with E-state index in [0.29, 0.717) is 13.2 Å². The van der Waals surface area contributed by atoms with Crippen LogP contribution in [0.2, 0.25) is 0 Å². The topological polar surface area (TPSA) is 86.3 Å². The van der Waals surface area contributed by atoms with Crippen molar-refractivity contribution in [2.75, 3.05) is 19.8 Å². The van der Waals surface area contributed by atoms with Gasteiger partial charge in [-0.2, -0.15) is 0 Å². The van der Waals surface area contributed by atoms with Crippen LogP contribution in [0, 0.1) is 0 Å². The van der Waals surface area contributed by atoms with Gasteiger partial charge in [0.15, 0.2) is 0 Å². The molecule has 0 aromatic heterocycles. The number of hydrogen-bond acceptors (Lipinski definition) is 7. The summed E-state index contributed by atoms with van der Waals surface area (Å²) in [5, 5.41) is 0. The van der Waals surface area contributed by atoms with Crippen LogP contribution >= 0.6 is 7.60 Å². The van der Waals surface area contributed by atoms with E-state index in [1.165, 1.54) is 0 Å². The Morgan fingerprint density at radius 2 is 2.00 bits per heavy atom. The molecule has 0 N–H and O–H groups in total. The Labute approximate surface area is 131 Å². The summed E-state index contributed by atoms with van der Waals surface area (Å²) in [4.78, 5) is 12.2. The Kier molecular flexibility index (Phi) is 5.71. The normalized spacial score (nSPS) is 38.3. The Morgan fingerprint density at radius 1 is 1.32 bits per heavy atom. The molecule has 2 aliphatic rings. The van der Waals surface area contributed by atoms with Gasteiger partial charge in [-0.1, -0.05) is 13.8 Å². The predicted octanol–water partition coefficient (Wildman–Crippen LogP) is 1.29. The highest BCUT2D eigenvalue weighted by Gasteiger charge is 2.59. The van der Waals surface area contributed by atoms with E-state index in [0.717, 1.165) is 0 Å². The van der Waals surface area contributed by atoms with Gasteiger partial charge in [0.05, 0.1) is 25.4 Å². The quantitative estimate of drug-likeness (QED) is 0.675. The van der Waals surface area contributed by atoms with Gasteiger partial charge in [-0.05, 0) is 20.8 Å². The van der Waals surface area contributed by atoms with Crippen molar-refractivity contribution in [2.24, 2.45) is 0 Å². The van der Waals surface area contributed by atoms with Gasteiger partial charge in [0.2, 0.25) is 5.79 Å². The lowest BCUT2D eigenvalue weighted by atomic mass is 10.1. The minimum absolute atomic E-state index is 0.0371. The number of rotatable bonds is 6. The van der Waals surface area contributed by atoms with Crippen LogP contribution in [0.3, 0.4) is 0 Å². The molecule has 22 heavy (non-hydrogen) atoms. The van der Waals surface area contributed by atoms with E-state index >= 15 is 0 Å². The third-order valence-corrected chi connectivity index (χ3v) is 5.62. The van der Waals surface area contributed by atoms with Gasteiger partial charge in [-0.25, -0.2) is 0 Å². The molecule has 2 aliphatic heterocycles. The van der Waals surface area contributed by atoms with Crippen molar-refractivity contribution < 1.29 is 32.9 Å². The molecule has 0 aromatic rings. The first-order valence-corrected chi connectivity index (χ1v) is 9.33. The van der Waals surface area contributed by atoms with Gasteiger partial charge in [0.25, 0.3) is 0 Å². The maximum atomic E-state index is 12.2. The zero-order chi connectivity index (χ0) is 16.5.